The van der Waals surface area contributed by atoms with E-state index in [0.29, 0.717) is 12.8 Å². The Bertz CT molecular complexity index is 936. The maximum atomic E-state index is 12.4. The fraction of sp³-hybridized carbons (Fsp3) is 0.711. The highest BCUT2D eigenvalue weighted by atomic mass is 32.2. The largest absolute Gasteiger partial charge is 0.387 e. The topological polar surface area (TPSA) is 104 Å². The number of carbonyl (C=O) groups excluding carboxylic acids is 1. The van der Waals surface area contributed by atoms with E-state index in [1.54, 1.807) is 6.08 Å². The lowest BCUT2D eigenvalue weighted by Gasteiger charge is -2.21. The first-order valence-electron chi connectivity index (χ1n) is 18.0. The summed E-state index contributed by atoms with van der Waals surface area (Å²) in [6.07, 6.45) is 43.4. The van der Waals surface area contributed by atoms with E-state index in [-0.39, 0.29) is 12.3 Å². The molecule has 0 aliphatic rings. The van der Waals surface area contributed by atoms with Crippen molar-refractivity contribution in [2.24, 2.45) is 0 Å². The van der Waals surface area contributed by atoms with E-state index >= 15 is 0 Å². The molecule has 0 heterocycles. The fourth-order valence-electron chi connectivity index (χ4n) is 4.92. The summed E-state index contributed by atoms with van der Waals surface area (Å²) in [6.45, 7) is 4.46. The van der Waals surface area contributed by atoms with Gasteiger partial charge in [0, 0.05) is 6.42 Å². The zero-order chi connectivity index (χ0) is 33.3. The van der Waals surface area contributed by atoms with Crippen LogP contribution in [0.2, 0.25) is 0 Å². The zero-order valence-corrected chi connectivity index (χ0v) is 29.5. The van der Waals surface area contributed by atoms with E-state index < -0.39 is 28.0 Å². The Morgan fingerprint density at radius 1 is 0.600 bits per heavy atom. The van der Waals surface area contributed by atoms with E-state index in [4.69, 9.17) is 0 Å². The van der Waals surface area contributed by atoms with Gasteiger partial charge in [0.2, 0.25) is 5.91 Å². The predicted octanol–water partition coefficient (Wildman–Crippen LogP) is 10.1. The van der Waals surface area contributed by atoms with Gasteiger partial charge in [-0.3, -0.25) is 9.35 Å². The summed E-state index contributed by atoms with van der Waals surface area (Å²) in [5, 5.41) is 13.1. The minimum absolute atomic E-state index is 0.266. The average Bonchev–Trinajstić information content (AvgIpc) is 3.00. The number of nitrogens with one attached hydrogen (secondary N) is 1. The molecule has 2 atom stereocenters. The molecule has 3 N–H and O–H groups in total. The lowest BCUT2D eigenvalue weighted by atomic mass is 10.1. The first-order chi connectivity index (χ1) is 21.8. The van der Waals surface area contributed by atoms with Gasteiger partial charge >= 0.3 is 0 Å². The average molecular weight is 650 g/mol. The number of allylic oxidation sites excluding steroid dienone is 9. The van der Waals surface area contributed by atoms with Crippen molar-refractivity contribution in [1.29, 1.82) is 0 Å². The van der Waals surface area contributed by atoms with Crippen molar-refractivity contribution in [2.45, 2.75) is 167 Å². The minimum Gasteiger partial charge on any atom is -0.387 e. The molecule has 0 saturated heterocycles. The van der Waals surface area contributed by atoms with Gasteiger partial charge in [0.15, 0.2) is 0 Å². The third kappa shape index (κ3) is 33.2. The van der Waals surface area contributed by atoms with Gasteiger partial charge in [-0.2, -0.15) is 8.42 Å². The summed E-state index contributed by atoms with van der Waals surface area (Å²) in [4.78, 5) is 12.4. The van der Waals surface area contributed by atoms with Crippen LogP contribution in [0.5, 0.6) is 0 Å². The smallest absolute Gasteiger partial charge is 0.267 e. The first-order valence-corrected chi connectivity index (χ1v) is 19.6. The molecule has 6 nitrogen and oxygen atoms in total. The van der Waals surface area contributed by atoms with Crippen molar-refractivity contribution in [3.8, 4) is 0 Å². The summed E-state index contributed by atoms with van der Waals surface area (Å²) in [6, 6.07) is -1.09. The Morgan fingerprint density at radius 3 is 1.53 bits per heavy atom. The van der Waals surface area contributed by atoms with Crippen LogP contribution in [0, 0.1) is 0 Å². The van der Waals surface area contributed by atoms with Crippen LogP contribution in [0.1, 0.15) is 155 Å². The molecule has 0 aromatic rings. The van der Waals surface area contributed by atoms with Crippen LogP contribution in [0.15, 0.2) is 60.8 Å². The lowest BCUT2D eigenvalue weighted by Crippen LogP contribution is -2.46. The summed E-state index contributed by atoms with van der Waals surface area (Å²) >= 11 is 0. The highest BCUT2D eigenvalue weighted by molar-refractivity contribution is 7.85. The molecule has 0 aromatic carbocycles. The Labute approximate surface area is 277 Å². The van der Waals surface area contributed by atoms with Crippen molar-refractivity contribution in [2.75, 3.05) is 5.75 Å². The third-order valence-corrected chi connectivity index (χ3v) is 8.42. The molecule has 45 heavy (non-hydrogen) atoms. The van der Waals surface area contributed by atoms with E-state index in [2.05, 4.69) is 67.8 Å². The predicted molar refractivity (Wildman–Crippen MR) is 193 cm³/mol. The molecule has 0 spiro atoms. The number of unbranched alkanes of at least 4 members (excludes halogenated alkanes) is 15. The maximum Gasteiger partial charge on any atom is 0.267 e. The van der Waals surface area contributed by atoms with Crippen LogP contribution in [-0.2, 0) is 14.9 Å². The zero-order valence-electron chi connectivity index (χ0n) is 28.7. The van der Waals surface area contributed by atoms with E-state index in [9.17, 15) is 22.9 Å². The second-order valence-corrected chi connectivity index (χ2v) is 13.6. The van der Waals surface area contributed by atoms with Gasteiger partial charge in [0.05, 0.1) is 17.9 Å². The van der Waals surface area contributed by atoms with Gasteiger partial charge in [-0.15, -0.1) is 0 Å². The Morgan fingerprint density at radius 2 is 1.02 bits per heavy atom. The van der Waals surface area contributed by atoms with E-state index in [1.807, 2.05) is 0 Å². The maximum absolute atomic E-state index is 12.4. The van der Waals surface area contributed by atoms with Gasteiger partial charge in [-0.05, 0) is 77.0 Å². The minimum atomic E-state index is -4.36. The molecule has 0 saturated carbocycles. The molecule has 1 amide bonds. The lowest BCUT2D eigenvalue weighted by molar-refractivity contribution is -0.122. The summed E-state index contributed by atoms with van der Waals surface area (Å²) in [5.41, 5.74) is 0. The van der Waals surface area contributed by atoms with Crippen LogP contribution >= 0.6 is 0 Å². The van der Waals surface area contributed by atoms with Gasteiger partial charge in [0.1, 0.15) is 0 Å². The summed E-state index contributed by atoms with van der Waals surface area (Å²) < 4.78 is 32.3. The van der Waals surface area contributed by atoms with Gasteiger partial charge in [-0.1, -0.05) is 132 Å². The van der Waals surface area contributed by atoms with Gasteiger partial charge in [0.25, 0.3) is 10.1 Å². The highest BCUT2D eigenvalue weighted by Crippen LogP contribution is 2.10. The monoisotopic (exact) mass is 649 g/mol. The number of hydrogen-bond acceptors (Lipinski definition) is 4. The van der Waals surface area contributed by atoms with E-state index in [1.165, 1.54) is 63.9 Å². The molecule has 260 valence electrons. The molecule has 0 bridgehead atoms. The Balaban J connectivity index is 4.12. The molecular formula is C38H67NO5S. The molecule has 2 unspecified atom stereocenters. The van der Waals surface area contributed by atoms with Crippen molar-refractivity contribution in [3.05, 3.63) is 60.8 Å². The Kier molecular flexibility index (Phi) is 30.6. The Hall–Kier alpha value is -1.96. The standard InChI is InChI=1S/C38H67NO5S/c1-3-5-7-9-11-13-15-17-19-20-22-24-26-28-30-32-34-38(41)39-36(35-45(42,43)44)37(40)33-31-29-27-25-23-21-18-16-14-12-10-8-6-4-2/h13-16,19-20,23,25,31,33,36-37,40H,3-12,17-18,21-22,24,26-30,32,34-35H2,1-2H3,(H,39,41)(H,42,43,44)/b15-13-,16-14+,20-19-,25-23+,33-31+. The summed E-state index contributed by atoms with van der Waals surface area (Å²) in [7, 11) is -4.36. The number of hydrogen-bond donors (Lipinski definition) is 3. The van der Waals surface area contributed by atoms with Crippen LogP contribution < -0.4 is 5.32 Å². The fourth-order valence-corrected chi connectivity index (χ4v) is 5.65. The number of aliphatic hydroxyl groups is 1. The number of aliphatic hydroxyl groups excluding tert-OH is 1. The second kappa shape index (κ2) is 32.0. The van der Waals surface area contributed by atoms with E-state index in [0.717, 1.165) is 64.2 Å². The number of amides is 1. The summed E-state index contributed by atoms with van der Waals surface area (Å²) in [5.74, 6) is -1.03. The molecule has 0 aliphatic carbocycles. The molecule has 7 heteroatoms. The van der Waals surface area contributed by atoms with Gasteiger partial charge in [-0.25, -0.2) is 0 Å². The van der Waals surface area contributed by atoms with Crippen molar-refractivity contribution >= 4 is 16.0 Å². The molecule has 0 aliphatic heterocycles. The second-order valence-electron chi connectivity index (χ2n) is 12.1. The number of rotatable bonds is 31. The molecule has 0 fully saturated rings. The van der Waals surface area contributed by atoms with Crippen molar-refractivity contribution in [3.63, 3.8) is 0 Å². The quantitative estimate of drug-likeness (QED) is 0.0394. The van der Waals surface area contributed by atoms with Crippen molar-refractivity contribution < 1.29 is 22.9 Å². The molecule has 0 radical (unpaired) electrons. The van der Waals surface area contributed by atoms with Crippen molar-refractivity contribution in [1.82, 2.24) is 5.32 Å². The van der Waals surface area contributed by atoms with Crippen LogP contribution in [-0.4, -0.2) is 41.9 Å². The van der Waals surface area contributed by atoms with Crippen LogP contribution in [0.4, 0.5) is 0 Å². The third-order valence-electron chi connectivity index (χ3n) is 7.64. The highest BCUT2D eigenvalue weighted by Gasteiger charge is 2.24. The molecular weight excluding hydrogens is 582 g/mol. The first kappa shape index (κ1) is 43.0. The normalized spacial score (nSPS) is 14.1. The molecule has 0 aromatic heterocycles. The molecule has 0 rings (SSSR count). The van der Waals surface area contributed by atoms with Crippen LogP contribution in [0.25, 0.3) is 0 Å². The SMILES string of the molecule is CCCCCC/C=C\C/C=C\CCCCCCCC(=O)NC(CS(=O)(=O)O)C(O)/C=C/CC/C=C/CC/C=C/CCCCCC. The van der Waals surface area contributed by atoms with Gasteiger partial charge < -0.3 is 10.4 Å². The number of carbonyl (C=O) groups is 1. The van der Waals surface area contributed by atoms with Crippen LogP contribution in [0.3, 0.4) is 0 Å².